The number of nitrogens with zero attached hydrogens (tertiary/aromatic N) is 2. The molecular weight excluding hydrogens is 239 g/mol. The topological polar surface area (TPSA) is 66.6 Å². The Morgan fingerprint density at radius 2 is 2.22 bits per heavy atom. The van der Waals surface area contributed by atoms with Gasteiger partial charge in [0.1, 0.15) is 11.5 Å². The van der Waals surface area contributed by atoms with E-state index in [1.54, 1.807) is 4.90 Å². The highest BCUT2D eigenvalue weighted by atomic mass is 19.1. The summed E-state index contributed by atoms with van der Waals surface area (Å²) in [5, 5.41) is 20.0. The summed E-state index contributed by atoms with van der Waals surface area (Å²) in [7, 11) is 0. The maximum atomic E-state index is 13.1. The molecule has 0 aromatic heterocycles. The zero-order valence-corrected chi connectivity index (χ0v) is 9.88. The van der Waals surface area contributed by atoms with Gasteiger partial charge in [-0.1, -0.05) is 0 Å². The van der Waals surface area contributed by atoms with Crippen molar-refractivity contribution in [3.05, 3.63) is 34.1 Å². The standard InChI is InChI=1S/C12H15FN2O3/c13-9-4-5-11(12(8-9)15(17)18)14(6-7-16)10-2-1-3-10/h4-5,8,10,16H,1-3,6-7H2. The highest BCUT2D eigenvalue weighted by molar-refractivity contribution is 5.64. The number of nitro groups is 1. The van der Waals surface area contributed by atoms with Crippen molar-refractivity contribution in [2.24, 2.45) is 0 Å². The molecule has 1 aromatic carbocycles. The lowest BCUT2D eigenvalue weighted by Crippen LogP contribution is -2.42. The molecule has 5 nitrogen and oxygen atoms in total. The van der Waals surface area contributed by atoms with Gasteiger partial charge in [0.2, 0.25) is 0 Å². The second-order valence-electron chi connectivity index (χ2n) is 4.39. The second-order valence-corrected chi connectivity index (χ2v) is 4.39. The number of hydrogen-bond acceptors (Lipinski definition) is 4. The fourth-order valence-electron chi connectivity index (χ4n) is 2.19. The van der Waals surface area contributed by atoms with Crippen LogP contribution < -0.4 is 4.90 Å². The molecule has 0 bridgehead atoms. The van der Waals surface area contributed by atoms with Crippen LogP contribution in [0.5, 0.6) is 0 Å². The molecule has 0 radical (unpaired) electrons. The molecule has 18 heavy (non-hydrogen) atoms. The smallest absolute Gasteiger partial charge is 0.295 e. The monoisotopic (exact) mass is 254 g/mol. The molecule has 0 amide bonds. The first-order valence-corrected chi connectivity index (χ1v) is 5.95. The summed E-state index contributed by atoms with van der Waals surface area (Å²) in [5.41, 5.74) is 0.149. The van der Waals surface area contributed by atoms with Crippen LogP contribution in [-0.2, 0) is 0 Å². The second kappa shape index (κ2) is 5.30. The van der Waals surface area contributed by atoms with Crippen molar-refractivity contribution in [3.8, 4) is 0 Å². The fourth-order valence-corrected chi connectivity index (χ4v) is 2.19. The summed E-state index contributed by atoms with van der Waals surface area (Å²) in [5.74, 6) is -0.622. The maximum Gasteiger partial charge on any atom is 0.295 e. The highest BCUT2D eigenvalue weighted by Crippen LogP contribution is 2.35. The number of aliphatic hydroxyl groups excluding tert-OH is 1. The number of anilines is 1. The third kappa shape index (κ3) is 2.43. The predicted octanol–water partition coefficient (Wildman–Crippen LogP) is 2.09. The zero-order chi connectivity index (χ0) is 13.1. The van der Waals surface area contributed by atoms with Gasteiger partial charge in [-0.2, -0.15) is 0 Å². The number of halogens is 1. The lowest BCUT2D eigenvalue weighted by atomic mass is 9.91. The number of hydrogen-bond donors (Lipinski definition) is 1. The summed E-state index contributed by atoms with van der Waals surface area (Å²) < 4.78 is 13.1. The third-order valence-electron chi connectivity index (χ3n) is 3.30. The van der Waals surface area contributed by atoms with Gasteiger partial charge < -0.3 is 10.0 Å². The van der Waals surface area contributed by atoms with Crippen molar-refractivity contribution in [1.29, 1.82) is 0 Å². The Kier molecular flexibility index (Phi) is 3.76. The van der Waals surface area contributed by atoms with Crippen LogP contribution in [0.3, 0.4) is 0 Å². The van der Waals surface area contributed by atoms with Crippen molar-refractivity contribution in [2.75, 3.05) is 18.1 Å². The van der Waals surface area contributed by atoms with Crippen molar-refractivity contribution in [1.82, 2.24) is 0 Å². The quantitative estimate of drug-likeness (QED) is 0.645. The average Bonchev–Trinajstić information content (AvgIpc) is 2.26. The van der Waals surface area contributed by atoms with E-state index in [0.29, 0.717) is 12.2 Å². The van der Waals surface area contributed by atoms with Gasteiger partial charge in [0.05, 0.1) is 17.6 Å². The van der Waals surface area contributed by atoms with E-state index in [0.717, 1.165) is 25.3 Å². The molecule has 1 aromatic rings. The van der Waals surface area contributed by atoms with E-state index < -0.39 is 10.7 Å². The lowest BCUT2D eigenvalue weighted by molar-refractivity contribution is -0.384. The summed E-state index contributed by atoms with van der Waals surface area (Å²) in [6.07, 6.45) is 2.99. The molecule has 1 N–H and O–H groups in total. The summed E-state index contributed by atoms with van der Waals surface area (Å²) in [6, 6.07) is 3.77. The molecule has 0 saturated heterocycles. The van der Waals surface area contributed by atoms with Crippen LogP contribution in [0, 0.1) is 15.9 Å². The summed E-state index contributed by atoms with van der Waals surface area (Å²) in [4.78, 5) is 12.2. The van der Waals surface area contributed by atoms with E-state index in [2.05, 4.69) is 0 Å². The van der Waals surface area contributed by atoms with E-state index in [9.17, 15) is 14.5 Å². The van der Waals surface area contributed by atoms with Crippen molar-refractivity contribution in [2.45, 2.75) is 25.3 Å². The molecule has 0 spiro atoms. The first-order valence-electron chi connectivity index (χ1n) is 5.95. The Morgan fingerprint density at radius 3 is 2.72 bits per heavy atom. The van der Waals surface area contributed by atoms with Crippen LogP contribution in [0.4, 0.5) is 15.8 Å². The number of rotatable bonds is 5. The number of aliphatic hydroxyl groups is 1. The minimum Gasteiger partial charge on any atom is -0.395 e. The van der Waals surface area contributed by atoms with Gasteiger partial charge in [-0.15, -0.1) is 0 Å². The molecule has 0 heterocycles. The minimum atomic E-state index is -0.622. The Balaban J connectivity index is 2.36. The van der Waals surface area contributed by atoms with Gasteiger partial charge in [0.15, 0.2) is 0 Å². The molecule has 1 fully saturated rings. The Bertz CT molecular complexity index is 449. The molecular formula is C12H15FN2O3. The van der Waals surface area contributed by atoms with E-state index in [1.165, 1.54) is 12.1 Å². The van der Waals surface area contributed by atoms with Gasteiger partial charge in [0.25, 0.3) is 5.69 Å². The minimum absolute atomic E-state index is 0.0783. The van der Waals surface area contributed by atoms with Gasteiger partial charge in [-0.25, -0.2) is 4.39 Å². The van der Waals surface area contributed by atoms with Crippen LogP contribution in [0.15, 0.2) is 18.2 Å². The van der Waals surface area contributed by atoms with Crippen molar-refractivity contribution < 1.29 is 14.4 Å². The lowest BCUT2D eigenvalue weighted by Gasteiger charge is -2.38. The fraction of sp³-hybridized carbons (Fsp3) is 0.500. The number of nitro benzene ring substituents is 1. The zero-order valence-electron chi connectivity index (χ0n) is 9.88. The Morgan fingerprint density at radius 1 is 1.50 bits per heavy atom. The largest absolute Gasteiger partial charge is 0.395 e. The number of benzene rings is 1. The highest BCUT2D eigenvalue weighted by Gasteiger charge is 2.29. The van der Waals surface area contributed by atoms with Crippen LogP contribution in [0.2, 0.25) is 0 Å². The normalized spacial score (nSPS) is 15.2. The van der Waals surface area contributed by atoms with Crippen molar-refractivity contribution >= 4 is 11.4 Å². The Labute approximate surface area is 104 Å². The van der Waals surface area contributed by atoms with E-state index in [1.807, 2.05) is 0 Å². The summed E-state index contributed by atoms with van der Waals surface area (Å²) >= 11 is 0. The molecule has 2 rings (SSSR count). The molecule has 0 atom stereocenters. The van der Waals surface area contributed by atoms with Crippen LogP contribution in [0.1, 0.15) is 19.3 Å². The van der Waals surface area contributed by atoms with E-state index in [-0.39, 0.29) is 18.3 Å². The molecule has 1 aliphatic carbocycles. The summed E-state index contributed by atoms with van der Waals surface area (Å²) in [6.45, 7) is 0.252. The molecule has 0 unspecified atom stereocenters. The van der Waals surface area contributed by atoms with Crippen LogP contribution in [0.25, 0.3) is 0 Å². The maximum absolute atomic E-state index is 13.1. The van der Waals surface area contributed by atoms with E-state index >= 15 is 0 Å². The van der Waals surface area contributed by atoms with Gasteiger partial charge in [0, 0.05) is 12.6 Å². The molecule has 1 saturated carbocycles. The molecule has 98 valence electrons. The van der Waals surface area contributed by atoms with E-state index in [4.69, 9.17) is 5.11 Å². The van der Waals surface area contributed by atoms with Gasteiger partial charge >= 0.3 is 0 Å². The van der Waals surface area contributed by atoms with Crippen LogP contribution in [-0.4, -0.2) is 29.2 Å². The molecule has 1 aliphatic rings. The van der Waals surface area contributed by atoms with Gasteiger partial charge in [-0.3, -0.25) is 10.1 Å². The first kappa shape index (κ1) is 12.8. The molecule has 0 aliphatic heterocycles. The van der Waals surface area contributed by atoms with Crippen molar-refractivity contribution in [3.63, 3.8) is 0 Å². The average molecular weight is 254 g/mol. The third-order valence-corrected chi connectivity index (χ3v) is 3.30. The first-order chi connectivity index (χ1) is 8.63. The predicted molar refractivity (Wildman–Crippen MR) is 65.1 cm³/mol. The SMILES string of the molecule is O=[N+]([O-])c1cc(F)ccc1N(CCO)C1CCC1. The molecule has 6 heteroatoms. The van der Waals surface area contributed by atoms with Crippen LogP contribution >= 0.6 is 0 Å². The Hall–Kier alpha value is -1.69. The van der Waals surface area contributed by atoms with Gasteiger partial charge in [-0.05, 0) is 31.4 Å².